The van der Waals surface area contributed by atoms with Crippen LogP contribution in [0, 0.1) is 5.92 Å². The number of hydrogen-bond acceptors (Lipinski definition) is 2. The summed E-state index contributed by atoms with van der Waals surface area (Å²) >= 11 is 0. The number of aromatic amines is 1. The average molecular weight is 317 g/mol. The van der Waals surface area contributed by atoms with Crippen molar-refractivity contribution in [2.45, 2.75) is 39.2 Å². The van der Waals surface area contributed by atoms with Crippen LogP contribution < -0.4 is 10.6 Å². The molecule has 126 valence electrons. The van der Waals surface area contributed by atoms with Crippen LogP contribution in [0.5, 0.6) is 0 Å². The molecule has 1 heterocycles. The molecule has 0 aliphatic rings. The molecule has 0 saturated heterocycles. The number of aliphatic hydroxyl groups is 1. The van der Waals surface area contributed by atoms with E-state index in [4.69, 9.17) is 0 Å². The lowest BCUT2D eigenvalue weighted by Gasteiger charge is -2.20. The SMILES string of the molecule is CCC(CC)C(O)CNC(=O)NCCc1c[nH]c2ccccc12. The van der Waals surface area contributed by atoms with Gasteiger partial charge in [0.15, 0.2) is 0 Å². The van der Waals surface area contributed by atoms with Crippen molar-refractivity contribution in [1.82, 2.24) is 15.6 Å². The quantitative estimate of drug-likeness (QED) is 0.604. The van der Waals surface area contributed by atoms with Gasteiger partial charge in [0.05, 0.1) is 6.10 Å². The second-order valence-electron chi connectivity index (χ2n) is 5.89. The monoisotopic (exact) mass is 317 g/mol. The van der Waals surface area contributed by atoms with Crippen molar-refractivity contribution in [3.05, 3.63) is 36.0 Å². The summed E-state index contributed by atoms with van der Waals surface area (Å²) in [6.45, 7) is 4.97. The minimum atomic E-state index is -0.482. The molecule has 0 bridgehead atoms. The van der Waals surface area contributed by atoms with Gasteiger partial charge in [0.25, 0.3) is 0 Å². The van der Waals surface area contributed by atoms with Crippen molar-refractivity contribution in [2.24, 2.45) is 5.92 Å². The normalized spacial score (nSPS) is 12.5. The topological polar surface area (TPSA) is 77.2 Å². The molecule has 2 amide bonds. The van der Waals surface area contributed by atoms with Gasteiger partial charge in [-0.25, -0.2) is 4.79 Å². The van der Waals surface area contributed by atoms with Crippen molar-refractivity contribution in [3.8, 4) is 0 Å². The van der Waals surface area contributed by atoms with E-state index in [9.17, 15) is 9.90 Å². The van der Waals surface area contributed by atoms with Gasteiger partial charge in [-0.05, 0) is 24.0 Å². The molecule has 23 heavy (non-hydrogen) atoms. The van der Waals surface area contributed by atoms with Crippen LogP contribution in [-0.4, -0.2) is 35.3 Å². The number of hydrogen-bond donors (Lipinski definition) is 4. The summed E-state index contributed by atoms with van der Waals surface area (Å²) in [5.74, 6) is 0.238. The molecule has 0 fully saturated rings. The van der Waals surface area contributed by atoms with E-state index in [0.717, 1.165) is 24.8 Å². The smallest absolute Gasteiger partial charge is 0.314 e. The summed E-state index contributed by atoms with van der Waals surface area (Å²) < 4.78 is 0. The maximum absolute atomic E-state index is 11.8. The molecule has 2 rings (SSSR count). The molecule has 0 saturated carbocycles. The van der Waals surface area contributed by atoms with E-state index in [0.29, 0.717) is 13.1 Å². The fraction of sp³-hybridized carbons (Fsp3) is 0.500. The third-order valence-electron chi connectivity index (χ3n) is 4.42. The van der Waals surface area contributed by atoms with Crippen molar-refractivity contribution < 1.29 is 9.90 Å². The Balaban J connectivity index is 1.73. The number of carbonyl (C=O) groups excluding carboxylic acids is 1. The number of nitrogens with one attached hydrogen (secondary N) is 3. The average Bonchev–Trinajstić information content (AvgIpc) is 2.97. The summed E-state index contributed by atoms with van der Waals surface area (Å²) in [5.41, 5.74) is 2.30. The van der Waals surface area contributed by atoms with Gasteiger partial charge >= 0.3 is 6.03 Å². The second-order valence-corrected chi connectivity index (χ2v) is 5.89. The Hall–Kier alpha value is -2.01. The summed E-state index contributed by atoms with van der Waals surface area (Å²) in [4.78, 5) is 15.0. The van der Waals surface area contributed by atoms with Crippen LogP contribution in [0.4, 0.5) is 4.79 Å². The Bertz CT molecular complexity index is 620. The second kappa shape index (κ2) is 8.58. The van der Waals surface area contributed by atoms with Crippen molar-refractivity contribution in [1.29, 1.82) is 0 Å². The molecule has 0 aliphatic heterocycles. The number of urea groups is 1. The minimum Gasteiger partial charge on any atom is -0.391 e. The predicted molar refractivity (Wildman–Crippen MR) is 93.5 cm³/mol. The molecule has 2 aromatic rings. The van der Waals surface area contributed by atoms with Crippen molar-refractivity contribution in [3.63, 3.8) is 0 Å². The van der Waals surface area contributed by atoms with E-state index in [1.165, 1.54) is 10.9 Å². The number of carbonyl (C=O) groups is 1. The lowest BCUT2D eigenvalue weighted by Crippen LogP contribution is -2.42. The van der Waals surface area contributed by atoms with Crippen LogP contribution in [0.15, 0.2) is 30.5 Å². The standard InChI is InChI=1S/C18H27N3O2/c1-3-13(4-2)17(22)12-21-18(23)19-10-9-14-11-20-16-8-6-5-7-15(14)16/h5-8,11,13,17,20,22H,3-4,9-10,12H2,1-2H3,(H2,19,21,23). The zero-order valence-corrected chi connectivity index (χ0v) is 13.9. The molecule has 0 spiro atoms. The Morgan fingerprint density at radius 3 is 2.70 bits per heavy atom. The van der Waals surface area contributed by atoms with E-state index in [-0.39, 0.29) is 11.9 Å². The van der Waals surface area contributed by atoms with Crippen LogP contribution >= 0.6 is 0 Å². The first-order valence-corrected chi connectivity index (χ1v) is 8.40. The molecule has 1 aromatic carbocycles. The van der Waals surface area contributed by atoms with Gasteiger partial charge in [0.1, 0.15) is 0 Å². The van der Waals surface area contributed by atoms with Gasteiger partial charge in [-0.15, -0.1) is 0 Å². The zero-order valence-electron chi connectivity index (χ0n) is 13.9. The highest BCUT2D eigenvalue weighted by atomic mass is 16.3. The number of fused-ring (bicyclic) bond motifs is 1. The molecule has 0 aliphatic carbocycles. The number of aromatic nitrogens is 1. The molecule has 5 heteroatoms. The Morgan fingerprint density at radius 1 is 1.22 bits per heavy atom. The fourth-order valence-electron chi connectivity index (χ4n) is 2.91. The predicted octanol–water partition coefficient (Wildman–Crippen LogP) is 2.81. The number of H-pyrrole nitrogens is 1. The van der Waals surface area contributed by atoms with Crippen LogP contribution in [0.25, 0.3) is 10.9 Å². The highest BCUT2D eigenvalue weighted by Crippen LogP contribution is 2.17. The van der Waals surface area contributed by atoms with Gasteiger partial charge < -0.3 is 20.7 Å². The van der Waals surface area contributed by atoms with Gasteiger partial charge in [-0.3, -0.25) is 0 Å². The first-order chi connectivity index (χ1) is 11.2. The van der Waals surface area contributed by atoms with Gasteiger partial charge in [-0.1, -0.05) is 44.9 Å². The Labute approximate surface area is 137 Å². The number of rotatable bonds is 8. The molecular weight excluding hydrogens is 290 g/mol. The van der Waals surface area contributed by atoms with E-state index < -0.39 is 6.10 Å². The fourth-order valence-corrected chi connectivity index (χ4v) is 2.91. The maximum Gasteiger partial charge on any atom is 0.314 e. The van der Waals surface area contributed by atoms with Gasteiger partial charge in [-0.2, -0.15) is 0 Å². The van der Waals surface area contributed by atoms with E-state index in [1.54, 1.807) is 0 Å². The van der Waals surface area contributed by atoms with Crippen LogP contribution in [0.2, 0.25) is 0 Å². The summed E-state index contributed by atoms with van der Waals surface area (Å²) in [6, 6.07) is 7.90. The van der Waals surface area contributed by atoms with E-state index >= 15 is 0 Å². The molecular formula is C18H27N3O2. The number of amides is 2. The number of aliphatic hydroxyl groups excluding tert-OH is 1. The molecule has 0 radical (unpaired) electrons. The lowest BCUT2D eigenvalue weighted by atomic mass is 9.97. The summed E-state index contributed by atoms with van der Waals surface area (Å²) in [7, 11) is 0. The van der Waals surface area contributed by atoms with E-state index in [1.807, 2.05) is 24.4 Å². The Kier molecular flexibility index (Phi) is 6.47. The highest BCUT2D eigenvalue weighted by Gasteiger charge is 2.16. The van der Waals surface area contributed by atoms with Gasteiger partial charge in [0, 0.05) is 30.2 Å². The maximum atomic E-state index is 11.8. The van der Waals surface area contributed by atoms with E-state index in [2.05, 4.69) is 35.5 Å². The largest absolute Gasteiger partial charge is 0.391 e. The van der Waals surface area contributed by atoms with Crippen LogP contribution in [-0.2, 0) is 6.42 Å². The zero-order chi connectivity index (χ0) is 16.7. The third-order valence-corrected chi connectivity index (χ3v) is 4.42. The number of para-hydroxylation sites is 1. The highest BCUT2D eigenvalue weighted by molar-refractivity contribution is 5.83. The molecule has 4 N–H and O–H groups in total. The molecule has 1 unspecified atom stereocenters. The number of benzene rings is 1. The first-order valence-electron chi connectivity index (χ1n) is 8.40. The van der Waals surface area contributed by atoms with Gasteiger partial charge in [0.2, 0.25) is 0 Å². The lowest BCUT2D eigenvalue weighted by molar-refractivity contribution is 0.103. The summed E-state index contributed by atoms with van der Waals surface area (Å²) in [5, 5.41) is 16.8. The first kappa shape index (κ1) is 17.3. The van der Waals surface area contributed by atoms with Crippen LogP contribution in [0.3, 0.4) is 0 Å². The molecule has 1 atom stereocenters. The van der Waals surface area contributed by atoms with Crippen LogP contribution in [0.1, 0.15) is 32.3 Å². The molecule has 5 nitrogen and oxygen atoms in total. The third kappa shape index (κ3) is 4.73. The minimum absolute atomic E-state index is 0.227. The van der Waals surface area contributed by atoms with Crippen molar-refractivity contribution in [2.75, 3.05) is 13.1 Å². The Morgan fingerprint density at radius 2 is 1.96 bits per heavy atom. The van der Waals surface area contributed by atoms with Crippen molar-refractivity contribution >= 4 is 16.9 Å². The summed E-state index contributed by atoms with van der Waals surface area (Å²) in [6.07, 6.45) is 4.11. The molecule has 1 aromatic heterocycles.